The highest BCUT2D eigenvalue weighted by Gasteiger charge is 2.29. The first-order valence-electron chi connectivity index (χ1n) is 7.65. The van der Waals surface area contributed by atoms with Gasteiger partial charge in [0.15, 0.2) is 0 Å². The zero-order valence-corrected chi connectivity index (χ0v) is 12.4. The molecule has 0 amide bonds. The van der Waals surface area contributed by atoms with Crippen LogP contribution in [0.5, 0.6) is 0 Å². The Kier molecular flexibility index (Phi) is 3.88. The molecule has 1 unspecified atom stereocenters. The number of hydrogen-bond donors (Lipinski definition) is 1. The van der Waals surface area contributed by atoms with Gasteiger partial charge in [0.2, 0.25) is 0 Å². The Bertz CT molecular complexity index is 563. The van der Waals surface area contributed by atoms with E-state index in [0.29, 0.717) is 12.0 Å². The van der Waals surface area contributed by atoms with Gasteiger partial charge in [-0.2, -0.15) is 0 Å². The predicted molar refractivity (Wildman–Crippen MR) is 84.9 cm³/mol. The van der Waals surface area contributed by atoms with Crippen molar-refractivity contribution in [2.24, 2.45) is 5.92 Å². The number of benzene rings is 2. The number of rotatable bonds is 4. The van der Waals surface area contributed by atoms with Crippen molar-refractivity contribution in [1.29, 1.82) is 0 Å². The molecule has 0 saturated carbocycles. The standard InChI is InChI=1S/C19H23N/c1-3-20-19(18-11-7-4-8-14(18)2)17-12-15-9-5-6-10-16(15)13-17/h4-11,17,19-20H,3,12-13H2,1-2H3. The molecule has 20 heavy (non-hydrogen) atoms. The summed E-state index contributed by atoms with van der Waals surface area (Å²) in [6.07, 6.45) is 2.39. The molecule has 1 aliphatic carbocycles. The van der Waals surface area contributed by atoms with Gasteiger partial charge in [0.05, 0.1) is 0 Å². The molecule has 1 atom stereocenters. The summed E-state index contributed by atoms with van der Waals surface area (Å²) in [5.74, 6) is 0.674. The van der Waals surface area contributed by atoms with E-state index in [9.17, 15) is 0 Å². The second kappa shape index (κ2) is 5.80. The van der Waals surface area contributed by atoms with Gasteiger partial charge in [-0.1, -0.05) is 55.5 Å². The van der Waals surface area contributed by atoms with Crippen molar-refractivity contribution in [3.63, 3.8) is 0 Å². The van der Waals surface area contributed by atoms with Crippen molar-refractivity contribution in [2.75, 3.05) is 6.54 Å². The molecular weight excluding hydrogens is 242 g/mol. The van der Waals surface area contributed by atoms with Crippen LogP contribution in [0.3, 0.4) is 0 Å². The fourth-order valence-electron chi connectivity index (χ4n) is 3.51. The summed E-state index contributed by atoms with van der Waals surface area (Å²) in [6.45, 7) is 5.45. The Hall–Kier alpha value is -1.60. The van der Waals surface area contributed by atoms with Crippen LogP contribution in [0.15, 0.2) is 48.5 Å². The highest BCUT2D eigenvalue weighted by molar-refractivity contribution is 5.36. The number of fused-ring (bicyclic) bond motifs is 1. The molecule has 0 heterocycles. The lowest BCUT2D eigenvalue weighted by Crippen LogP contribution is -2.29. The first kappa shape index (κ1) is 13.4. The van der Waals surface area contributed by atoms with Crippen molar-refractivity contribution in [2.45, 2.75) is 32.7 Å². The van der Waals surface area contributed by atoms with Crippen molar-refractivity contribution < 1.29 is 0 Å². The maximum absolute atomic E-state index is 3.72. The minimum absolute atomic E-state index is 0.466. The lowest BCUT2D eigenvalue weighted by Gasteiger charge is -2.26. The largest absolute Gasteiger partial charge is 0.310 e. The molecule has 3 rings (SSSR count). The van der Waals surface area contributed by atoms with Crippen molar-refractivity contribution in [1.82, 2.24) is 5.32 Å². The summed E-state index contributed by atoms with van der Waals surface area (Å²) in [4.78, 5) is 0. The quantitative estimate of drug-likeness (QED) is 0.879. The molecule has 0 aliphatic heterocycles. The molecule has 2 aromatic rings. The number of hydrogen-bond acceptors (Lipinski definition) is 1. The van der Waals surface area contributed by atoms with Gasteiger partial charge in [0, 0.05) is 6.04 Å². The Balaban J connectivity index is 1.88. The molecule has 2 aromatic carbocycles. The molecule has 1 aliphatic rings. The molecule has 1 N–H and O–H groups in total. The maximum atomic E-state index is 3.72. The average Bonchev–Trinajstić information content (AvgIpc) is 2.89. The van der Waals surface area contributed by atoms with E-state index >= 15 is 0 Å². The molecular formula is C19H23N. The minimum Gasteiger partial charge on any atom is -0.310 e. The summed E-state index contributed by atoms with van der Waals surface area (Å²) in [7, 11) is 0. The molecule has 1 nitrogen and oxygen atoms in total. The Labute approximate surface area is 122 Å². The molecule has 0 radical (unpaired) electrons. The summed E-state index contributed by atoms with van der Waals surface area (Å²) < 4.78 is 0. The third-order valence-corrected chi connectivity index (χ3v) is 4.50. The van der Waals surface area contributed by atoms with Crippen LogP contribution in [0.1, 0.15) is 35.2 Å². The third-order valence-electron chi connectivity index (χ3n) is 4.50. The second-order valence-corrected chi connectivity index (χ2v) is 5.83. The summed E-state index contributed by atoms with van der Waals surface area (Å²) in [5, 5.41) is 3.72. The van der Waals surface area contributed by atoms with Crippen LogP contribution < -0.4 is 5.32 Å². The normalized spacial score (nSPS) is 16.1. The van der Waals surface area contributed by atoms with E-state index in [-0.39, 0.29) is 0 Å². The lowest BCUT2D eigenvalue weighted by atomic mass is 9.88. The molecule has 104 valence electrons. The van der Waals surface area contributed by atoms with Gasteiger partial charge in [-0.05, 0) is 54.5 Å². The Morgan fingerprint density at radius 3 is 2.20 bits per heavy atom. The second-order valence-electron chi connectivity index (χ2n) is 5.83. The highest BCUT2D eigenvalue weighted by atomic mass is 14.9. The van der Waals surface area contributed by atoms with Crippen LogP contribution in [0.25, 0.3) is 0 Å². The molecule has 0 aromatic heterocycles. The molecule has 0 bridgehead atoms. The zero-order valence-electron chi connectivity index (χ0n) is 12.4. The highest BCUT2D eigenvalue weighted by Crippen LogP contribution is 2.36. The first-order valence-corrected chi connectivity index (χ1v) is 7.65. The van der Waals surface area contributed by atoms with Gasteiger partial charge in [0.25, 0.3) is 0 Å². The lowest BCUT2D eigenvalue weighted by molar-refractivity contribution is 0.379. The van der Waals surface area contributed by atoms with Crippen LogP contribution >= 0.6 is 0 Å². The van der Waals surface area contributed by atoms with E-state index in [1.807, 2.05) is 0 Å². The van der Waals surface area contributed by atoms with E-state index in [1.54, 1.807) is 0 Å². The van der Waals surface area contributed by atoms with Gasteiger partial charge in [-0.15, -0.1) is 0 Å². The van der Waals surface area contributed by atoms with Gasteiger partial charge in [-0.3, -0.25) is 0 Å². The third kappa shape index (κ3) is 2.51. The van der Waals surface area contributed by atoms with Crippen LogP contribution in [-0.2, 0) is 12.8 Å². The monoisotopic (exact) mass is 265 g/mol. The zero-order chi connectivity index (χ0) is 13.9. The van der Waals surface area contributed by atoms with E-state index in [4.69, 9.17) is 0 Å². The molecule has 0 saturated heterocycles. The van der Waals surface area contributed by atoms with Crippen LogP contribution in [0, 0.1) is 12.8 Å². The number of aryl methyl sites for hydroxylation is 1. The summed E-state index contributed by atoms with van der Waals surface area (Å²) >= 11 is 0. The first-order chi connectivity index (χ1) is 9.79. The average molecular weight is 265 g/mol. The van der Waals surface area contributed by atoms with Gasteiger partial charge in [-0.25, -0.2) is 0 Å². The van der Waals surface area contributed by atoms with E-state index in [2.05, 4.69) is 67.7 Å². The number of nitrogens with one attached hydrogen (secondary N) is 1. The fraction of sp³-hybridized carbons (Fsp3) is 0.368. The van der Waals surface area contributed by atoms with Gasteiger partial charge >= 0.3 is 0 Å². The van der Waals surface area contributed by atoms with Crippen molar-refractivity contribution in [3.05, 3.63) is 70.8 Å². The molecule has 0 fully saturated rings. The van der Waals surface area contributed by atoms with Gasteiger partial charge < -0.3 is 5.32 Å². The van der Waals surface area contributed by atoms with E-state index in [0.717, 1.165) is 6.54 Å². The summed E-state index contributed by atoms with van der Waals surface area (Å²) in [6, 6.07) is 18.2. The summed E-state index contributed by atoms with van der Waals surface area (Å²) in [5.41, 5.74) is 5.93. The molecule has 0 spiro atoms. The Morgan fingerprint density at radius 1 is 1.00 bits per heavy atom. The SMILES string of the molecule is CCNC(c1ccccc1C)C1Cc2ccccc2C1. The van der Waals surface area contributed by atoms with E-state index in [1.165, 1.54) is 35.1 Å². The van der Waals surface area contributed by atoms with Crippen LogP contribution in [-0.4, -0.2) is 6.54 Å². The molecule has 1 heteroatoms. The van der Waals surface area contributed by atoms with Crippen LogP contribution in [0.4, 0.5) is 0 Å². The van der Waals surface area contributed by atoms with Crippen molar-refractivity contribution in [3.8, 4) is 0 Å². The maximum Gasteiger partial charge on any atom is 0.0357 e. The Morgan fingerprint density at radius 2 is 1.60 bits per heavy atom. The fourth-order valence-corrected chi connectivity index (χ4v) is 3.51. The van der Waals surface area contributed by atoms with E-state index < -0.39 is 0 Å². The van der Waals surface area contributed by atoms with Gasteiger partial charge in [0.1, 0.15) is 0 Å². The van der Waals surface area contributed by atoms with Crippen LogP contribution in [0.2, 0.25) is 0 Å². The predicted octanol–water partition coefficient (Wildman–Crippen LogP) is 4.06. The van der Waals surface area contributed by atoms with Crippen molar-refractivity contribution >= 4 is 0 Å². The topological polar surface area (TPSA) is 12.0 Å². The smallest absolute Gasteiger partial charge is 0.0357 e. The minimum atomic E-state index is 0.466.